The van der Waals surface area contributed by atoms with Crippen LogP contribution in [-0.2, 0) is 16.9 Å². The van der Waals surface area contributed by atoms with Gasteiger partial charge in [-0.3, -0.25) is 9.89 Å². The van der Waals surface area contributed by atoms with E-state index in [1.165, 1.54) is 12.1 Å². The Morgan fingerprint density at radius 1 is 1.14 bits per heavy atom. The van der Waals surface area contributed by atoms with Crippen LogP contribution in [0.3, 0.4) is 0 Å². The molecule has 22 heavy (non-hydrogen) atoms. The van der Waals surface area contributed by atoms with E-state index in [1.807, 2.05) is 10.4 Å². The molecule has 0 aliphatic rings. The molecule has 0 radical (unpaired) electrons. The van der Waals surface area contributed by atoms with Crippen LogP contribution in [0.1, 0.15) is 11.3 Å². The number of hydrogen-bond donors (Lipinski definition) is 2. The first-order valence-corrected chi connectivity index (χ1v) is 5.99. The predicted molar refractivity (Wildman–Crippen MR) is 67.0 cm³/mol. The first-order valence-electron chi connectivity index (χ1n) is 5.99. The molecule has 0 saturated carbocycles. The quantitative estimate of drug-likeness (QED) is 0.855. The fourth-order valence-electron chi connectivity index (χ4n) is 1.75. The molecule has 1 amide bonds. The van der Waals surface area contributed by atoms with Crippen molar-refractivity contribution >= 4 is 5.91 Å². The minimum Gasteiger partial charge on any atom is -0.354 e. The number of likely N-dealkylation sites (N-methyl/N-ethyl adjacent to an activating group) is 1. The van der Waals surface area contributed by atoms with Crippen molar-refractivity contribution in [3.05, 3.63) is 41.6 Å². The standard InChI is InChI=1S/C13H10F5N3O/c1-19-11(22)12(14,15)8-4-2-7(3-5-8)9-6-10(21-20-9)13(16,17)18/h2-6H,1H3,(H,19,22)(H,20,21). The van der Waals surface area contributed by atoms with Crippen molar-refractivity contribution in [1.82, 2.24) is 15.5 Å². The zero-order valence-corrected chi connectivity index (χ0v) is 11.1. The third-order valence-electron chi connectivity index (χ3n) is 2.94. The van der Waals surface area contributed by atoms with Gasteiger partial charge in [-0.2, -0.15) is 27.1 Å². The molecule has 1 heterocycles. The maximum atomic E-state index is 13.7. The van der Waals surface area contributed by atoms with Crippen LogP contribution in [0.2, 0.25) is 0 Å². The van der Waals surface area contributed by atoms with Gasteiger partial charge in [0, 0.05) is 18.2 Å². The van der Waals surface area contributed by atoms with Gasteiger partial charge in [0.25, 0.3) is 5.91 Å². The highest BCUT2D eigenvalue weighted by molar-refractivity contribution is 5.84. The fourth-order valence-corrected chi connectivity index (χ4v) is 1.75. The smallest absolute Gasteiger partial charge is 0.354 e. The second-order valence-corrected chi connectivity index (χ2v) is 4.40. The summed E-state index contributed by atoms with van der Waals surface area (Å²) in [4.78, 5) is 11.1. The van der Waals surface area contributed by atoms with E-state index in [4.69, 9.17) is 0 Å². The Bertz CT molecular complexity index is 676. The minimum absolute atomic E-state index is 0.0397. The molecule has 4 nitrogen and oxygen atoms in total. The number of H-pyrrole nitrogens is 1. The lowest BCUT2D eigenvalue weighted by Gasteiger charge is -2.14. The number of halogens is 5. The molecule has 1 aromatic carbocycles. The number of nitrogens with zero attached hydrogens (tertiary/aromatic N) is 1. The lowest BCUT2D eigenvalue weighted by Crippen LogP contribution is -2.35. The summed E-state index contributed by atoms with van der Waals surface area (Å²) in [6.45, 7) is 0. The van der Waals surface area contributed by atoms with Gasteiger partial charge in [0.2, 0.25) is 0 Å². The van der Waals surface area contributed by atoms with Crippen molar-refractivity contribution in [2.24, 2.45) is 0 Å². The van der Waals surface area contributed by atoms with E-state index in [1.54, 1.807) is 0 Å². The fraction of sp³-hybridized carbons (Fsp3) is 0.231. The first kappa shape index (κ1) is 15.9. The molecule has 2 rings (SSSR count). The molecule has 0 aliphatic heterocycles. The number of benzene rings is 1. The molecular weight excluding hydrogens is 309 g/mol. The first-order chi connectivity index (χ1) is 10.2. The SMILES string of the molecule is CNC(=O)C(F)(F)c1ccc(-c2cc(C(F)(F)F)[nH]n2)cc1. The molecule has 2 aromatic rings. The van der Waals surface area contributed by atoms with Crippen LogP contribution in [0.5, 0.6) is 0 Å². The van der Waals surface area contributed by atoms with Gasteiger partial charge < -0.3 is 5.32 Å². The number of hydrogen-bond acceptors (Lipinski definition) is 2. The van der Waals surface area contributed by atoms with E-state index in [0.717, 1.165) is 25.2 Å². The van der Waals surface area contributed by atoms with Gasteiger partial charge in [-0.15, -0.1) is 0 Å². The van der Waals surface area contributed by atoms with Crippen molar-refractivity contribution in [1.29, 1.82) is 0 Å². The summed E-state index contributed by atoms with van der Waals surface area (Å²) in [5.41, 5.74) is -1.44. The van der Waals surface area contributed by atoms with E-state index < -0.39 is 29.3 Å². The Kier molecular flexibility index (Phi) is 3.90. The third kappa shape index (κ3) is 2.92. The third-order valence-corrected chi connectivity index (χ3v) is 2.94. The average molecular weight is 319 g/mol. The Morgan fingerprint density at radius 3 is 2.18 bits per heavy atom. The van der Waals surface area contributed by atoms with Crippen LogP contribution in [0.15, 0.2) is 30.3 Å². The van der Waals surface area contributed by atoms with Gasteiger partial charge in [-0.1, -0.05) is 24.3 Å². The molecule has 118 valence electrons. The highest BCUT2D eigenvalue weighted by Crippen LogP contribution is 2.32. The molecule has 0 unspecified atom stereocenters. The topological polar surface area (TPSA) is 57.8 Å². The molecule has 0 atom stereocenters. The summed E-state index contributed by atoms with van der Waals surface area (Å²) in [5.74, 6) is -5.20. The Morgan fingerprint density at radius 2 is 1.73 bits per heavy atom. The number of amides is 1. The van der Waals surface area contributed by atoms with E-state index in [-0.39, 0.29) is 11.3 Å². The predicted octanol–water partition coefficient (Wildman–Crippen LogP) is 2.93. The van der Waals surface area contributed by atoms with Gasteiger partial charge in [-0.25, -0.2) is 0 Å². The number of carbonyl (C=O) groups excluding carboxylic acids is 1. The van der Waals surface area contributed by atoms with E-state index >= 15 is 0 Å². The van der Waals surface area contributed by atoms with E-state index in [9.17, 15) is 26.7 Å². The van der Waals surface area contributed by atoms with Gasteiger partial charge in [0.05, 0.1) is 5.69 Å². The maximum Gasteiger partial charge on any atom is 0.432 e. The van der Waals surface area contributed by atoms with Crippen molar-refractivity contribution < 1.29 is 26.7 Å². The summed E-state index contributed by atoms with van der Waals surface area (Å²) < 4.78 is 64.7. The second-order valence-electron chi connectivity index (χ2n) is 4.40. The molecule has 9 heteroatoms. The van der Waals surface area contributed by atoms with E-state index in [0.29, 0.717) is 0 Å². The number of aromatic amines is 1. The highest BCUT2D eigenvalue weighted by atomic mass is 19.4. The molecule has 1 aromatic heterocycles. The van der Waals surface area contributed by atoms with Crippen LogP contribution in [-0.4, -0.2) is 23.2 Å². The lowest BCUT2D eigenvalue weighted by atomic mass is 10.0. The zero-order chi connectivity index (χ0) is 16.5. The molecule has 0 fully saturated rings. The monoisotopic (exact) mass is 319 g/mol. The summed E-state index contributed by atoms with van der Waals surface area (Å²) in [6.07, 6.45) is -4.57. The average Bonchev–Trinajstić information content (AvgIpc) is 2.96. The maximum absolute atomic E-state index is 13.7. The molecule has 0 saturated heterocycles. The molecule has 0 aliphatic carbocycles. The lowest BCUT2D eigenvalue weighted by molar-refractivity contribution is -0.146. The Hall–Kier alpha value is -2.45. The van der Waals surface area contributed by atoms with Gasteiger partial charge in [0.15, 0.2) is 0 Å². The molecule has 0 bridgehead atoms. The second kappa shape index (κ2) is 5.39. The number of aromatic nitrogens is 2. The zero-order valence-electron chi connectivity index (χ0n) is 11.1. The largest absolute Gasteiger partial charge is 0.432 e. The normalized spacial score (nSPS) is 12.3. The molecule has 2 N–H and O–H groups in total. The van der Waals surface area contributed by atoms with Crippen LogP contribution in [0, 0.1) is 0 Å². The number of carbonyl (C=O) groups is 1. The Balaban J connectivity index is 2.30. The summed E-state index contributed by atoms with van der Waals surface area (Å²) >= 11 is 0. The molecule has 0 spiro atoms. The van der Waals surface area contributed by atoms with Crippen LogP contribution >= 0.6 is 0 Å². The number of rotatable bonds is 3. The van der Waals surface area contributed by atoms with Gasteiger partial charge in [0.1, 0.15) is 5.69 Å². The van der Waals surface area contributed by atoms with Crippen LogP contribution in [0.25, 0.3) is 11.3 Å². The van der Waals surface area contributed by atoms with E-state index in [2.05, 4.69) is 5.10 Å². The van der Waals surface area contributed by atoms with Crippen LogP contribution < -0.4 is 5.32 Å². The summed E-state index contributed by atoms with van der Waals surface area (Å²) in [5, 5.41) is 7.15. The van der Waals surface area contributed by atoms with Gasteiger partial charge in [-0.05, 0) is 6.07 Å². The van der Waals surface area contributed by atoms with Gasteiger partial charge >= 0.3 is 12.1 Å². The summed E-state index contributed by atoms with van der Waals surface area (Å²) in [6, 6.07) is 5.04. The molecular formula is C13H10F5N3O. The van der Waals surface area contributed by atoms with Crippen LogP contribution in [0.4, 0.5) is 22.0 Å². The summed E-state index contributed by atoms with van der Waals surface area (Å²) in [7, 11) is 1.08. The Labute approximate surface area is 121 Å². The highest BCUT2D eigenvalue weighted by Gasteiger charge is 2.40. The van der Waals surface area contributed by atoms with Crippen molar-refractivity contribution in [3.63, 3.8) is 0 Å². The van der Waals surface area contributed by atoms with Crippen molar-refractivity contribution in [3.8, 4) is 11.3 Å². The number of nitrogens with one attached hydrogen (secondary N) is 2. The van der Waals surface area contributed by atoms with Crippen molar-refractivity contribution in [2.45, 2.75) is 12.1 Å². The number of alkyl halides is 5. The minimum atomic E-state index is -4.57. The van der Waals surface area contributed by atoms with Crippen molar-refractivity contribution in [2.75, 3.05) is 7.05 Å².